The van der Waals surface area contributed by atoms with Crippen LogP contribution in [0, 0.1) is 0 Å². The van der Waals surface area contributed by atoms with Crippen LogP contribution in [0.1, 0.15) is 12.8 Å². The SMILES string of the molecule is Br.NS(=O)(=O)C1CC1. The Morgan fingerprint density at radius 2 is 1.75 bits per heavy atom. The molecule has 0 heterocycles. The van der Waals surface area contributed by atoms with E-state index in [1.807, 2.05) is 0 Å². The van der Waals surface area contributed by atoms with Gasteiger partial charge >= 0.3 is 0 Å². The van der Waals surface area contributed by atoms with Gasteiger partial charge in [0.15, 0.2) is 0 Å². The van der Waals surface area contributed by atoms with Gasteiger partial charge < -0.3 is 0 Å². The Balaban J connectivity index is 0.000000490. The summed E-state index contributed by atoms with van der Waals surface area (Å²) in [6.45, 7) is 0. The van der Waals surface area contributed by atoms with Gasteiger partial charge in [0.05, 0.1) is 5.25 Å². The molecule has 1 saturated carbocycles. The van der Waals surface area contributed by atoms with Gasteiger partial charge in [-0.1, -0.05) is 0 Å². The molecule has 50 valence electrons. The average Bonchev–Trinajstić information content (AvgIpc) is 1.99. The number of nitrogens with two attached hydrogens (primary N) is 1. The lowest BCUT2D eigenvalue weighted by Crippen LogP contribution is -2.16. The van der Waals surface area contributed by atoms with Crippen LogP contribution >= 0.6 is 17.0 Å². The molecule has 0 aromatic carbocycles. The van der Waals surface area contributed by atoms with Crippen LogP contribution in [0.15, 0.2) is 0 Å². The fourth-order valence-electron chi connectivity index (χ4n) is 0.397. The molecule has 0 amide bonds. The van der Waals surface area contributed by atoms with Crippen molar-refractivity contribution in [1.29, 1.82) is 0 Å². The molecular formula is C3H8BrNO2S. The van der Waals surface area contributed by atoms with Gasteiger partial charge in [0.1, 0.15) is 0 Å². The number of sulfonamides is 1. The highest BCUT2D eigenvalue weighted by molar-refractivity contribution is 8.93. The van der Waals surface area contributed by atoms with Crippen molar-refractivity contribution in [3.63, 3.8) is 0 Å². The van der Waals surface area contributed by atoms with Gasteiger partial charge in [-0.25, -0.2) is 13.6 Å². The number of hydrogen-bond donors (Lipinski definition) is 1. The molecule has 0 aromatic heterocycles. The maximum atomic E-state index is 10.2. The summed E-state index contributed by atoms with van der Waals surface area (Å²) in [5, 5.41) is 4.51. The quantitative estimate of drug-likeness (QED) is 0.651. The second kappa shape index (κ2) is 2.33. The van der Waals surface area contributed by atoms with Gasteiger partial charge in [-0.3, -0.25) is 0 Å². The Morgan fingerprint density at radius 3 is 1.75 bits per heavy atom. The van der Waals surface area contributed by atoms with E-state index >= 15 is 0 Å². The first-order chi connectivity index (χ1) is 3.11. The van der Waals surface area contributed by atoms with Crippen LogP contribution in [0.5, 0.6) is 0 Å². The molecule has 0 atom stereocenters. The van der Waals surface area contributed by atoms with Crippen molar-refractivity contribution in [3.8, 4) is 0 Å². The summed E-state index contributed by atoms with van der Waals surface area (Å²) < 4.78 is 20.3. The maximum absolute atomic E-state index is 10.2. The Morgan fingerprint density at radius 1 is 1.38 bits per heavy atom. The van der Waals surface area contributed by atoms with Gasteiger partial charge in [0, 0.05) is 0 Å². The Bertz CT molecular complexity index is 160. The highest BCUT2D eigenvalue weighted by atomic mass is 79.9. The summed E-state index contributed by atoms with van der Waals surface area (Å²) in [5.74, 6) is 0. The van der Waals surface area contributed by atoms with Gasteiger partial charge in [-0.2, -0.15) is 0 Å². The Hall–Kier alpha value is 0.390. The van der Waals surface area contributed by atoms with Crippen molar-refractivity contribution in [2.75, 3.05) is 0 Å². The molecule has 0 saturated heterocycles. The van der Waals surface area contributed by atoms with Gasteiger partial charge in [-0.05, 0) is 12.8 Å². The monoisotopic (exact) mass is 201 g/mol. The summed E-state index contributed by atoms with van der Waals surface area (Å²) in [5.41, 5.74) is 0. The lowest BCUT2D eigenvalue weighted by atomic mass is 11.0. The normalized spacial score (nSPS) is 19.6. The first kappa shape index (κ1) is 8.39. The predicted octanol–water partition coefficient (Wildman–Crippen LogP) is 0.0152. The lowest BCUT2D eigenvalue weighted by Gasteiger charge is -1.84. The summed E-state index contributed by atoms with van der Waals surface area (Å²) in [6.07, 6.45) is 1.53. The molecule has 1 aliphatic rings. The zero-order valence-corrected chi connectivity index (χ0v) is 6.73. The third-order valence-corrected chi connectivity index (χ3v) is 2.39. The molecule has 0 radical (unpaired) electrons. The molecule has 0 aliphatic heterocycles. The molecule has 2 N–H and O–H groups in total. The standard InChI is InChI=1S/C3H7NO2S.BrH/c4-7(5,6)3-1-2-3;/h3H,1-2H2,(H2,4,5,6);1H. The Kier molecular flexibility index (Phi) is 2.44. The van der Waals surface area contributed by atoms with E-state index in [1.54, 1.807) is 0 Å². The van der Waals surface area contributed by atoms with E-state index in [4.69, 9.17) is 5.14 Å². The van der Waals surface area contributed by atoms with Crippen LogP contribution in [-0.4, -0.2) is 13.7 Å². The van der Waals surface area contributed by atoms with Crippen LogP contribution < -0.4 is 5.14 Å². The highest BCUT2D eigenvalue weighted by Gasteiger charge is 2.32. The number of rotatable bonds is 1. The van der Waals surface area contributed by atoms with Crippen LogP contribution in [0.4, 0.5) is 0 Å². The number of primary sulfonamides is 1. The largest absolute Gasteiger partial charge is 0.228 e. The van der Waals surface area contributed by atoms with Crippen LogP contribution in [0.2, 0.25) is 0 Å². The predicted molar refractivity (Wildman–Crippen MR) is 36.5 cm³/mol. The van der Waals surface area contributed by atoms with Crippen LogP contribution in [-0.2, 0) is 10.0 Å². The topological polar surface area (TPSA) is 60.2 Å². The highest BCUT2D eigenvalue weighted by Crippen LogP contribution is 2.25. The molecule has 5 heteroatoms. The van der Waals surface area contributed by atoms with Gasteiger partial charge in [0.25, 0.3) is 0 Å². The summed E-state index contributed by atoms with van der Waals surface area (Å²) in [4.78, 5) is 0. The fourth-order valence-corrected chi connectivity index (χ4v) is 1.19. The zero-order chi connectivity index (χ0) is 5.49. The molecule has 1 aliphatic carbocycles. The van der Waals surface area contributed by atoms with Crippen molar-refractivity contribution in [3.05, 3.63) is 0 Å². The molecule has 0 aromatic rings. The fraction of sp³-hybridized carbons (Fsp3) is 1.00. The third-order valence-electron chi connectivity index (χ3n) is 0.989. The summed E-state index contributed by atoms with van der Waals surface area (Å²) in [7, 11) is -3.13. The van der Waals surface area contributed by atoms with E-state index in [2.05, 4.69) is 0 Å². The minimum Gasteiger partial charge on any atom is -0.228 e. The molecule has 0 bridgehead atoms. The Labute approximate surface area is 59.1 Å². The van der Waals surface area contributed by atoms with Crippen molar-refractivity contribution in [2.45, 2.75) is 18.1 Å². The van der Waals surface area contributed by atoms with E-state index < -0.39 is 10.0 Å². The molecule has 1 rings (SSSR count). The van der Waals surface area contributed by atoms with Crippen molar-refractivity contribution < 1.29 is 8.42 Å². The number of hydrogen-bond acceptors (Lipinski definition) is 2. The first-order valence-electron chi connectivity index (χ1n) is 2.12. The van der Waals surface area contributed by atoms with E-state index in [1.165, 1.54) is 0 Å². The summed E-state index contributed by atoms with van der Waals surface area (Å²) in [6, 6.07) is 0. The van der Waals surface area contributed by atoms with Crippen LogP contribution in [0.25, 0.3) is 0 Å². The van der Waals surface area contributed by atoms with Gasteiger partial charge in [0.2, 0.25) is 10.0 Å². The molecule has 0 spiro atoms. The van der Waals surface area contributed by atoms with E-state index in [9.17, 15) is 8.42 Å². The van der Waals surface area contributed by atoms with Crippen molar-refractivity contribution in [1.82, 2.24) is 0 Å². The second-order valence-corrected chi connectivity index (χ2v) is 3.63. The molecule has 3 nitrogen and oxygen atoms in total. The number of halogens is 1. The van der Waals surface area contributed by atoms with E-state index in [0.29, 0.717) is 0 Å². The summed E-state index contributed by atoms with van der Waals surface area (Å²) >= 11 is 0. The van der Waals surface area contributed by atoms with E-state index in [0.717, 1.165) is 12.8 Å². The molecule has 1 fully saturated rings. The minimum atomic E-state index is -3.13. The smallest absolute Gasteiger partial charge is 0.211 e. The lowest BCUT2D eigenvalue weighted by molar-refractivity contribution is 0.596. The molecular weight excluding hydrogens is 194 g/mol. The van der Waals surface area contributed by atoms with Crippen molar-refractivity contribution >= 4 is 27.0 Å². The molecule has 0 unspecified atom stereocenters. The van der Waals surface area contributed by atoms with Crippen molar-refractivity contribution in [2.24, 2.45) is 5.14 Å². The second-order valence-electron chi connectivity index (χ2n) is 1.79. The van der Waals surface area contributed by atoms with Gasteiger partial charge in [-0.15, -0.1) is 17.0 Å². The average molecular weight is 202 g/mol. The minimum absolute atomic E-state index is 0. The van der Waals surface area contributed by atoms with Crippen LogP contribution in [0.3, 0.4) is 0 Å². The molecule has 8 heavy (non-hydrogen) atoms. The third kappa shape index (κ3) is 2.11. The zero-order valence-electron chi connectivity index (χ0n) is 4.20. The first-order valence-corrected chi connectivity index (χ1v) is 3.73. The maximum Gasteiger partial charge on any atom is 0.211 e. The van der Waals surface area contributed by atoms with E-state index in [-0.39, 0.29) is 22.2 Å².